The third kappa shape index (κ3) is 8.96. The Balaban J connectivity index is 1.78. The minimum Gasteiger partial charge on any atom is -0.386 e. The van der Waals surface area contributed by atoms with Crippen LogP contribution >= 0.6 is 39.1 Å². The zero-order valence-corrected chi connectivity index (χ0v) is 22.8. The van der Waals surface area contributed by atoms with Gasteiger partial charge in [-0.2, -0.15) is 12.9 Å². The molecule has 3 heterocycles. The Bertz CT molecular complexity index is 1450. The first kappa shape index (κ1) is 32.5. The maximum absolute atomic E-state index is 12.1. The van der Waals surface area contributed by atoms with E-state index in [2.05, 4.69) is 36.9 Å². The Morgan fingerprint density at radius 3 is 2.05 bits per heavy atom. The van der Waals surface area contributed by atoms with Crippen LogP contribution in [0.1, 0.15) is 6.23 Å². The van der Waals surface area contributed by atoms with Crippen molar-refractivity contribution in [2.45, 2.75) is 24.5 Å². The van der Waals surface area contributed by atoms with Crippen molar-refractivity contribution in [2.24, 2.45) is 0 Å². The molecule has 7 atom stereocenters. The van der Waals surface area contributed by atoms with Gasteiger partial charge in [0.25, 0.3) is 0 Å². The number of rotatable bonds is 12. The summed E-state index contributed by atoms with van der Waals surface area (Å²) in [4.78, 5) is 75.1. The fourth-order valence-electron chi connectivity index (χ4n) is 3.04. The summed E-state index contributed by atoms with van der Waals surface area (Å²) in [6, 6.07) is 0. The van der Waals surface area contributed by atoms with Gasteiger partial charge in [0.1, 0.15) is 30.2 Å². The number of imidazole rings is 1. The van der Waals surface area contributed by atoms with Crippen LogP contribution in [0.2, 0.25) is 0 Å². The van der Waals surface area contributed by atoms with Gasteiger partial charge in [-0.1, -0.05) is 0 Å². The minimum absolute atomic E-state index is 0.0245. The molecule has 0 bridgehead atoms. The first-order valence-electron chi connectivity index (χ1n) is 9.41. The fraction of sp³-hybridized carbons (Fsp3) is 0.500. The number of hydrogen-bond donors (Lipinski definition) is 9. The summed E-state index contributed by atoms with van der Waals surface area (Å²) >= 11 is 0. The van der Waals surface area contributed by atoms with Crippen molar-refractivity contribution in [1.82, 2.24) is 19.5 Å². The number of nitrogen functional groups attached to an aromatic ring is 1. The summed E-state index contributed by atoms with van der Waals surface area (Å²) in [7, 11) is -29.1. The predicted octanol–water partition coefficient (Wildman–Crippen LogP) is -1.40. The summed E-state index contributed by atoms with van der Waals surface area (Å²) in [6.07, 6.45) is -5.31. The first-order chi connectivity index (χ1) is 17.6. The lowest BCUT2D eigenvalue weighted by Crippen LogP contribution is -2.35. The molecule has 1 aliphatic rings. The highest BCUT2D eigenvalue weighted by Gasteiger charge is 2.51. The lowest BCUT2D eigenvalue weighted by atomic mass is 10.1. The van der Waals surface area contributed by atoms with Crippen molar-refractivity contribution in [3.8, 4) is 0 Å². The average molecular weight is 667 g/mol. The summed E-state index contributed by atoms with van der Waals surface area (Å²) in [5.74, 6) is -0.0817. The van der Waals surface area contributed by atoms with Crippen LogP contribution in [0.5, 0.6) is 0 Å². The second-order valence-electron chi connectivity index (χ2n) is 7.14. The van der Waals surface area contributed by atoms with Gasteiger partial charge in [0.15, 0.2) is 17.7 Å². The molecule has 1 fully saturated rings. The molecular weight excluding hydrogens is 649 g/mol. The number of aliphatic hydroxyl groups excluding tert-OH is 1. The highest BCUT2D eigenvalue weighted by Crippen LogP contribution is 2.70. The Labute approximate surface area is 214 Å². The number of nitrogens with zero attached hydrogens (tertiary/aromatic N) is 4. The van der Waals surface area contributed by atoms with Gasteiger partial charge in [-0.15, -0.1) is 0 Å². The van der Waals surface area contributed by atoms with E-state index in [1.807, 2.05) is 0 Å². The average Bonchev–Trinajstić information content (AvgIpc) is 3.24. The van der Waals surface area contributed by atoms with Gasteiger partial charge < -0.3 is 49.8 Å². The molecule has 0 radical (unpaired) electrons. The molecule has 24 nitrogen and oxygen atoms in total. The van der Waals surface area contributed by atoms with Crippen LogP contribution in [-0.2, 0) is 49.5 Å². The first-order valence-corrected chi connectivity index (χ1v) is 17.0. The molecule has 0 aliphatic carbocycles. The van der Waals surface area contributed by atoms with E-state index in [4.69, 9.17) is 25.2 Å². The second-order valence-corrected chi connectivity index (χ2v) is 14.3. The number of nitrogens with two attached hydrogens (primary N) is 1. The van der Waals surface area contributed by atoms with E-state index in [9.17, 15) is 47.5 Å². The van der Waals surface area contributed by atoms with Crippen LogP contribution in [0.3, 0.4) is 0 Å². The van der Waals surface area contributed by atoms with Crippen LogP contribution in [0.4, 0.5) is 5.82 Å². The normalized spacial score (nSPS) is 27.2. The molecule has 3 rings (SSSR count). The molecule has 0 amide bonds. The number of anilines is 1. The number of phosphoric acid groups is 5. The number of hydrogen-bond acceptors (Lipinski definition) is 16. The monoisotopic (exact) mass is 667 g/mol. The number of phosphoric ester groups is 2. The Morgan fingerprint density at radius 2 is 1.46 bits per heavy atom. The van der Waals surface area contributed by atoms with Crippen LogP contribution in [0.15, 0.2) is 12.7 Å². The van der Waals surface area contributed by atoms with Crippen molar-refractivity contribution < 1.29 is 88.9 Å². The van der Waals surface area contributed by atoms with E-state index in [0.29, 0.717) is 0 Å². The molecule has 39 heavy (non-hydrogen) atoms. The molecule has 222 valence electrons. The molecule has 0 spiro atoms. The van der Waals surface area contributed by atoms with E-state index in [1.54, 1.807) is 0 Å². The van der Waals surface area contributed by atoms with Gasteiger partial charge in [0, 0.05) is 0 Å². The quantitative estimate of drug-likeness (QED) is 0.118. The lowest BCUT2D eigenvalue weighted by Gasteiger charge is -2.22. The highest BCUT2D eigenvalue weighted by molar-refractivity contribution is 7.69. The van der Waals surface area contributed by atoms with E-state index in [0.717, 1.165) is 17.2 Å². The number of fused-ring (bicyclic) bond motifs is 1. The number of aromatic nitrogens is 4. The Kier molecular flexibility index (Phi) is 9.42. The van der Waals surface area contributed by atoms with E-state index >= 15 is 0 Å². The zero-order valence-electron chi connectivity index (χ0n) is 18.3. The molecule has 1 aliphatic heterocycles. The van der Waals surface area contributed by atoms with Crippen LogP contribution in [-0.4, -0.2) is 83.8 Å². The second kappa shape index (κ2) is 11.3. The Morgan fingerprint density at radius 1 is 0.872 bits per heavy atom. The Hall–Kier alpha value is -1.06. The van der Waals surface area contributed by atoms with Gasteiger partial charge in [-0.3, -0.25) is 13.6 Å². The van der Waals surface area contributed by atoms with Gasteiger partial charge in [-0.25, -0.2) is 37.8 Å². The molecule has 29 heteroatoms. The van der Waals surface area contributed by atoms with E-state index in [1.165, 1.54) is 0 Å². The third-order valence-electron chi connectivity index (χ3n) is 4.25. The van der Waals surface area contributed by atoms with Crippen molar-refractivity contribution in [3.63, 3.8) is 0 Å². The minimum atomic E-state index is -6.13. The SMILES string of the molecule is Nc1ncnc2c1ncn2C1OC(COP(=O)(O)OP(=O)(O)OP(=O)(O)OP(=O)(O)O)C(OP(=O)(O)O)C1O. The summed E-state index contributed by atoms with van der Waals surface area (Å²) in [5.41, 5.74) is 5.68. The highest BCUT2D eigenvalue weighted by atomic mass is 31.3. The van der Waals surface area contributed by atoms with Crippen molar-refractivity contribution in [2.75, 3.05) is 12.3 Å². The summed E-state index contributed by atoms with van der Waals surface area (Å²) in [6.45, 7) is -1.27. The molecule has 0 aromatic carbocycles. The lowest BCUT2D eigenvalue weighted by molar-refractivity contribution is -0.0501. The maximum atomic E-state index is 12.1. The molecule has 10 N–H and O–H groups in total. The van der Waals surface area contributed by atoms with Crippen LogP contribution in [0.25, 0.3) is 11.2 Å². The van der Waals surface area contributed by atoms with Gasteiger partial charge >= 0.3 is 39.1 Å². The van der Waals surface area contributed by atoms with Gasteiger partial charge in [0.05, 0.1) is 12.9 Å². The molecule has 2 aromatic heterocycles. The maximum Gasteiger partial charge on any atom is 0.490 e. The van der Waals surface area contributed by atoms with Crippen LogP contribution in [0, 0.1) is 0 Å². The van der Waals surface area contributed by atoms with Crippen molar-refractivity contribution in [1.29, 1.82) is 0 Å². The van der Waals surface area contributed by atoms with Gasteiger partial charge in [0.2, 0.25) is 0 Å². The number of aliphatic hydroxyl groups is 1. The smallest absolute Gasteiger partial charge is 0.386 e. The van der Waals surface area contributed by atoms with E-state index < -0.39 is 70.3 Å². The van der Waals surface area contributed by atoms with E-state index in [-0.39, 0.29) is 17.0 Å². The van der Waals surface area contributed by atoms with Crippen molar-refractivity contribution >= 4 is 56.1 Å². The molecular formula is C10H18N5O19P5. The summed E-state index contributed by atoms with van der Waals surface area (Å²) < 4.78 is 83.2. The fourth-order valence-corrected chi connectivity index (χ4v) is 8.08. The predicted molar refractivity (Wildman–Crippen MR) is 117 cm³/mol. The molecule has 7 unspecified atom stereocenters. The van der Waals surface area contributed by atoms with Crippen molar-refractivity contribution in [3.05, 3.63) is 12.7 Å². The third-order valence-corrected chi connectivity index (χ3v) is 10.2. The molecule has 1 saturated heterocycles. The number of ether oxygens (including phenoxy) is 1. The zero-order chi connectivity index (χ0) is 29.6. The molecule has 0 saturated carbocycles. The van der Waals surface area contributed by atoms with Gasteiger partial charge in [-0.05, 0) is 0 Å². The standard InChI is InChI=1S/C10H18N5O19P5/c11-8-5-9(13-2-12-8)15(3-14-5)10-6(16)7(31-35(17,18)19)4(30-10)1-29-37(23,24)33-39(27,28)34-38(25,26)32-36(20,21)22/h2-4,6-7,10,16H,1H2,(H,23,24)(H,25,26)(H,27,28)(H2,11,12,13)(H2,17,18,19)(H2,20,21,22). The topological polar surface area (TPSA) is 372 Å². The largest absolute Gasteiger partial charge is 0.490 e. The van der Waals surface area contributed by atoms with Crippen LogP contribution < -0.4 is 5.73 Å². The molecule has 2 aromatic rings. The summed E-state index contributed by atoms with van der Waals surface area (Å²) in [5, 5.41) is 10.6.